The average Bonchev–Trinajstić information content (AvgIpc) is 2.38. The van der Waals surface area contributed by atoms with Gasteiger partial charge in [0.15, 0.2) is 5.82 Å². The molecular weight excluding hydrogens is 238 g/mol. The van der Waals surface area contributed by atoms with Gasteiger partial charge in [0.25, 0.3) is 0 Å². The molecule has 0 bridgehead atoms. The fraction of sp³-hybridized carbons (Fsp3) is 0.357. The lowest BCUT2D eigenvalue weighted by Gasteiger charge is -2.16. The van der Waals surface area contributed by atoms with Gasteiger partial charge in [0.05, 0.1) is 0 Å². The minimum Gasteiger partial charge on any atom is -0.347 e. The lowest BCUT2D eigenvalue weighted by Crippen LogP contribution is -2.19. The van der Waals surface area contributed by atoms with Gasteiger partial charge in [0, 0.05) is 33.8 Å². The van der Waals surface area contributed by atoms with Gasteiger partial charge < -0.3 is 9.80 Å². The molecule has 2 rings (SSSR count). The van der Waals surface area contributed by atoms with Crippen LogP contribution in [-0.4, -0.2) is 43.1 Å². The molecule has 0 aliphatic rings. The van der Waals surface area contributed by atoms with Gasteiger partial charge in [-0.15, -0.1) is 0 Å². The van der Waals surface area contributed by atoms with Crippen LogP contribution in [0.25, 0.3) is 11.4 Å². The van der Waals surface area contributed by atoms with E-state index in [1.807, 2.05) is 50.1 Å². The van der Waals surface area contributed by atoms with Crippen molar-refractivity contribution in [2.45, 2.75) is 6.92 Å². The number of hydrogen-bond donors (Lipinski definition) is 0. The molecule has 0 saturated carbocycles. The van der Waals surface area contributed by atoms with E-state index in [0.717, 1.165) is 5.56 Å². The molecule has 1 aromatic carbocycles. The summed E-state index contributed by atoms with van der Waals surface area (Å²) < 4.78 is 0. The molecule has 5 nitrogen and oxygen atoms in total. The van der Waals surface area contributed by atoms with Crippen LogP contribution < -0.4 is 9.80 Å². The Morgan fingerprint density at radius 3 is 1.89 bits per heavy atom. The molecule has 2 aromatic rings. The van der Waals surface area contributed by atoms with E-state index >= 15 is 0 Å². The Morgan fingerprint density at radius 1 is 0.842 bits per heavy atom. The molecule has 0 aliphatic carbocycles. The smallest absolute Gasteiger partial charge is 0.230 e. The Balaban J connectivity index is 2.56. The summed E-state index contributed by atoms with van der Waals surface area (Å²) in [4.78, 5) is 17.2. The minimum atomic E-state index is 0.662. The van der Waals surface area contributed by atoms with Crippen LogP contribution in [0.4, 0.5) is 11.9 Å². The van der Waals surface area contributed by atoms with Crippen LogP contribution in [0, 0.1) is 6.92 Å². The van der Waals surface area contributed by atoms with Crippen molar-refractivity contribution in [1.82, 2.24) is 15.0 Å². The van der Waals surface area contributed by atoms with Crippen molar-refractivity contribution in [3.05, 3.63) is 29.8 Å². The van der Waals surface area contributed by atoms with Crippen LogP contribution in [-0.2, 0) is 0 Å². The summed E-state index contributed by atoms with van der Waals surface area (Å²) in [5.41, 5.74) is 2.20. The van der Waals surface area contributed by atoms with E-state index in [4.69, 9.17) is 0 Å². The van der Waals surface area contributed by atoms with Crippen molar-refractivity contribution in [2.75, 3.05) is 38.0 Å². The highest BCUT2D eigenvalue weighted by Gasteiger charge is 2.11. The first-order valence-corrected chi connectivity index (χ1v) is 6.15. The molecule has 0 N–H and O–H groups in total. The molecule has 0 spiro atoms. The van der Waals surface area contributed by atoms with Gasteiger partial charge in [0.2, 0.25) is 11.9 Å². The van der Waals surface area contributed by atoms with Gasteiger partial charge in [-0.25, -0.2) is 0 Å². The molecule has 0 aliphatic heterocycles. The van der Waals surface area contributed by atoms with E-state index in [9.17, 15) is 0 Å². The normalized spacial score (nSPS) is 10.4. The van der Waals surface area contributed by atoms with Crippen molar-refractivity contribution in [3.63, 3.8) is 0 Å². The van der Waals surface area contributed by atoms with E-state index in [2.05, 4.69) is 34.0 Å². The van der Waals surface area contributed by atoms with Crippen LogP contribution in [0.3, 0.4) is 0 Å². The van der Waals surface area contributed by atoms with Crippen LogP contribution in [0.1, 0.15) is 5.56 Å². The summed E-state index contributed by atoms with van der Waals surface area (Å²) >= 11 is 0. The number of benzene rings is 1. The molecule has 0 fully saturated rings. The Labute approximate surface area is 113 Å². The third-order valence-electron chi connectivity index (χ3n) is 2.69. The Bertz CT molecular complexity index is 552. The van der Waals surface area contributed by atoms with Crippen molar-refractivity contribution < 1.29 is 0 Å². The van der Waals surface area contributed by atoms with Crippen molar-refractivity contribution in [3.8, 4) is 11.4 Å². The summed E-state index contributed by atoms with van der Waals surface area (Å²) in [6.45, 7) is 2.06. The first-order chi connectivity index (χ1) is 8.97. The van der Waals surface area contributed by atoms with Gasteiger partial charge in [-0.2, -0.15) is 15.0 Å². The van der Waals surface area contributed by atoms with Crippen molar-refractivity contribution in [2.24, 2.45) is 0 Å². The topological polar surface area (TPSA) is 45.2 Å². The molecule has 100 valence electrons. The quantitative estimate of drug-likeness (QED) is 0.841. The third kappa shape index (κ3) is 2.99. The zero-order valence-electron chi connectivity index (χ0n) is 12.0. The molecule has 0 radical (unpaired) electrons. The highest BCUT2D eigenvalue weighted by Crippen LogP contribution is 2.20. The van der Waals surface area contributed by atoms with Crippen LogP contribution in [0.15, 0.2) is 24.3 Å². The number of aromatic nitrogens is 3. The van der Waals surface area contributed by atoms with E-state index in [-0.39, 0.29) is 0 Å². The summed E-state index contributed by atoms with van der Waals surface area (Å²) in [6, 6.07) is 8.17. The summed E-state index contributed by atoms with van der Waals surface area (Å²) in [6.07, 6.45) is 0. The maximum absolute atomic E-state index is 4.50. The second-order valence-corrected chi connectivity index (χ2v) is 4.92. The highest BCUT2D eigenvalue weighted by atomic mass is 15.3. The average molecular weight is 257 g/mol. The van der Waals surface area contributed by atoms with Crippen molar-refractivity contribution >= 4 is 11.9 Å². The minimum absolute atomic E-state index is 0.662. The van der Waals surface area contributed by atoms with Crippen molar-refractivity contribution in [1.29, 1.82) is 0 Å². The number of anilines is 2. The van der Waals surface area contributed by atoms with Crippen LogP contribution in [0.5, 0.6) is 0 Å². The van der Waals surface area contributed by atoms with Gasteiger partial charge in [-0.05, 0) is 13.0 Å². The Kier molecular flexibility index (Phi) is 3.64. The molecule has 0 unspecified atom stereocenters. The second kappa shape index (κ2) is 5.22. The third-order valence-corrected chi connectivity index (χ3v) is 2.69. The van der Waals surface area contributed by atoms with Gasteiger partial charge in [-0.1, -0.05) is 23.8 Å². The summed E-state index contributed by atoms with van der Waals surface area (Å²) in [7, 11) is 7.70. The maximum atomic E-state index is 4.50. The summed E-state index contributed by atoms with van der Waals surface area (Å²) in [5, 5.41) is 0. The fourth-order valence-corrected chi connectivity index (χ4v) is 1.67. The standard InChI is InChI=1S/C14H19N5/c1-10-7-6-8-11(9-10)12-15-13(18(2)3)17-14(16-12)19(4)5/h6-9H,1-5H3. The molecule has 1 aromatic heterocycles. The van der Waals surface area contributed by atoms with E-state index in [0.29, 0.717) is 17.7 Å². The van der Waals surface area contributed by atoms with Crippen LogP contribution in [0.2, 0.25) is 0 Å². The number of aryl methyl sites for hydroxylation is 1. The second-order valence-electron chi connectivity index (χ2n) is 4.92. The van der Waals surface area contributed by atoms with E-state index in [1.54, 1.807) is 0 Å². The zero-order valence-corrected chi connectivity index (χ0v) is 12.0. The van der Waals surface area contributed by atoms with Gasteiger partial charge in [-0.3, -0.25) is 0 Å². The predicted octanol–water partition coefficient (Wildman–Crippen LogP) is 1.98. The fourth-order valence-electron chi connectivity index (χ4n) is 1.67. The lowest BCUT2D eigenvalue weighted by atomic mass is 10.1. The van der Waals surface area contributed by atoms with Gasteiger partial charge in [0.1, 0.15) is 0 Å². The van der Waals surface area contributed by atoms with Gasteiger partial charge >= 0.3 is 0 Å². The van der Waals surface area contributed by atoms with E-state index in [1.165, 1.54) is 5.56 Å². The number of nitrogens with zero attached hydrogens (tertiary/aromatic N) is 5. The molecular formula is C14H19N5. The number of hydrogen-bond acceptors (Lipinski definition) is 5. The monoisotopic (exact) mass is 257 g/mol. The molecule has 0 saturated heterocycles. The SMILES string of the molecule is Cc1cccc(-c2nc(N(C)C)nc(N(C)C)n2)c1. The number of rotatable bonds is 3. The first kappa shape index (κ1) is 13.3. The van der Waals surface area contributed by atoms with E-state index < -0.39 is 0 Å². The largest absolute Gasteiger partial charge is 0.347 e. The zero-order chi connectivity index (χ0) is 14.0. The molecule has 5 heteroatoms. The van der Waals surface area contributed by atoms with Crippen LogP contribution >= 0.6 is 0 Å². The lowest BCUT2D eigenvalue weighted by molar-refractivity contribution is 0.920. The summed E-state index contributed by atoms with van der Waals surface area (Å²) in [5.74, 6) is 2.02. The molecule has 0 amide bonds. The highest BCUT2D eigenvalue weighted by molar-refractivity contribution is 5.59. The predicted molar refractivity (Wildman–Crippen MR) is 78.7 cm³/mol. The Hall–Kier alpha value is -2.17. The first-order valence-electron chi connectivity index (χ1n) is 6.15. The Morgan fingerprint density at radius 2 is 1.42 bits per heavy atom. The maximum Gasteiger partial charge on any atom is 0.230 e. The molecule has 1 heterocycles. The molecule has 0 atom stereocenters. The molecule has 19 heavy (non-hydrogen) atoms.